The fourth-order valence-corrected chi connectivity index (χ4v) is 4.50. The molecule has 0 aliphatic carbocycles. The lowest BCUT2D eigenvalue weighted by Gasteiger charge is -2.19. The number of nitrogens with one attached hydrogen (secondary N) is 1. The first-order valence-electron chi connectivity index (χ1n) is 10.6. The van der Waals surface area contributed by atoms with E-state index in [-0.39, 0.29) is 23.8 Å². The second-order valence-electron chi connectivity index (χ2n) is 8.14. The van der Waals surface area contributed by atoms with Gasteiger partial charge in [-0.25, -0.2) is 0 Å². The summed E-state index contributed by atoms with van der Waals surface area (Å²) in [5.74, 6) is 2.15. The molecule has 0 spiro atoms. The van der Waals surface area contributed by atoms with Crippen LogP contribution in [0, 0.1) is 0 Å². The highest BCUT2D eigenvalue weighted by molar-refractivity contribution is 9.10. The van der Waals surface area contributed by atoms with Crippen LogP contribution in [0.5, 0.6) is 5.75 Å². The molecule has 170 valence electrons. The summed E-state index contributed by atoms with van der Waals surface area (Å²) in [5.41, 5.74) is 2.02. The lowest BCUT2D eigenvalue weighted by molar-refractivity contribution is -0.113. The number of benzene rings is 2. The van der Waals surface area contributed by atoms with E-state index in [1.165, 1.54) is 17.3 Å². The normalized spacial score (nSPS) is 12.2. The Kier molecular flexibility index (Phi) is 8.37. The molecule has 0 fully saturated rings. The Labute approximate surface area is 202 Å². The van der Waals surface area contributed by atoms with Crippen molar-refractivity contribution in [3.63, 3.8) is 0 Å². The molecular weight excluding hydrogens is 488 g/mol. The van der Waals surface area contributed by atoms with Gasteiger partial charge in [-0.05, 0) is 62.6 Å². The van der Waals surface area contributed by atoms with Gasteiger partial charge in [-0.1, -0.05) is 59.7 Å². The molecular formula is C24H29BrN4O2S. The van der Waals surface area contributed by atoms with E-state index >= 15 is 0 Å². The first-order valence-corrected chi connectivity index (χ1v) is 12.4. The molecule has 0 aliphatic rings. The quantitative estimate of drug-likeness (QED) is 0.323. The van der Waals surface area contributed by atoms with Gasteiger partial charge in [-0.15, -0.1) is 10.2 Å². The zero-order valence-corrected chi connectivity index (χ0v) is 21.4. The minimum absolute atomic E-state index is 0.0949. The molecule has 2 aromatic carbocycles. The van der Waals surface area contributed by atoms with Crippen LogP contribution >= 0.6 is 27.7 Å². The maximum absolute atomic E-state index is 12.4. The first-order chi connectivity index (χ1) is 15.2. The number of carbonyl (C=O) groups excluding carboxylic acids is 1. The maximum atomic E-state index is 12.4. The third-order valence-electron chi connectivity index (χ3n) is 4.87. The summed E-state index contributed by atoms with van der Waals surface area (Å²) in [5, 5.41) is 12.3. The molecule has 8 heteroatoms. The monoisotopic (exact) mass is 516 g/mol. The summed E-state index contributed by atoms with van der Waals surface area (Å²) in [4.78, 5) is 12.4. The lowest BCUT2D eigenvalue weighted by Crippen LogP contribution is -2.16. The van der Waals surface area contributed by atoms with Crippen molar-refractivity contribution in [1.29, 1.82) is 0 Å². The molecule has 3 aromatic rings. The van der Waals surface area contributed by atoms with E-state index in [0.29, 0.717) is 11.1 Å². The van der Waals surface area contributed by atoms with Crippen molar-refractivity contribution < 1.29 is 9.53 Å². The fourth-order valence-electron chi connectivity index (χ4n) is 3.23. The van der Waals surface area contributed by atoms with Gasteiger partial charge in [0.25, 0.3) is 0 Å². The number of carbonyl (C=O) groups is 1. The zero-order valence-electron chi connectivity index (χ0n) is 19.0. The summed E-state index contributed by atoms with van der Waals surface area (Å²) >= 11 is 4.78. The standard InChI is InChI=1S/C24H29BrN4O2S/c1-15(2)18-9-11-21(12-10-18)31-17(5)23-27-28-24(29(23)16(3)4)32-14-22(30)26-20-8-6-7-19(25)13-20/h6-13,15-17H,14H2,1-5H3,(H,26,30). The van der Waals surface area contributed by atoms with Crippen molar-refractivity contribution in [2.75, 3.05) is 11.1 Å². The van der Waals surface area contributed by atoms with E-state index < -0.39 is 0 Å². The van der Waals surface area contributed by atoms with Gasteiger partial charge in [-0.3, -0.25) is 4.79 Å². The topological polar surface area (TPSA) is 69.0 Å². The zero-order chi connectivity index (χ0) is 23.3. The second kappa shape index (κ2) is 11.0. The summed E-state index contributed by atoms with van der Waals surface area (Å²) in [7, 11) is 0. The van der Waals surface area contributed by atoms with Crippen molar-refractivity contribution in [1.82, 2.24) is 14.8 Å². The van der Waals surface area contributed by atoms with Crippen LogP contribution in [0.15, 0.2) is 58.2 Å². The number of rotatable bonds is 9. The van der Waals surface area contributed by atoms with E-state index in [1.807, 2.05) is 47.9 Å². The number of anilines is 1. The minimum Gasteiger partial charge on any atom is -0.483 e. The number of nitrogens with zero attached hydrogens (tertiary/aromatic N) is 3. The average molecular weight is 517 g/mol. The van der Waals surface area contributed by atoms with Crippen LogP contribution < -0.4 is 10.1 Å². The van der Waals surface area contributed by atoms with E-state index in [4.69, 9.17) is 4.74 Å². The Morgan fingerprint density at radius 3 is 2.44 bits per heavy atom. The van der Waals surface area contributed by atoms with E-state index in [1.54, 1.807) is 0 Å². The first kappa shape index (κ1) is 24.3. The summed E-state index contributed by atoms with van der Waals surface area (Å²) in [6, 6.07) is 15.8. The van der Waals surface area contributed by atoms with Gasteiger partial charge in [0.15, 0.2) is 17.1 Å². The van der Waals surface area contributed by atoms with Crippen LogP contribution in [0.2, 0.25) is 0 Å². The Hall–Kier alpha value is -2.32. The highest BCUT2D eigenvalue weighted by Gasteiger charge is 2.22. The Balaban J connectivity index is 1.67. The molecule has 1 heterocycles. The molecule has 0 saturated heterocycles. The number of amides is 1. The molecule has 0 bridgehead atoms. The van der Waals surface area contributed by atoms with E-state index in [2.05, 4.69) is 71.3 Å². The van der Waals surface area contributed by atoms with Gasteiger partial charge in [-0.2, -0.15) is 0 Å². The number of ether oxygens (including phenoxy) is 1. The number of hydrogen-bond donors (Lipinski definition) is 1. The largest absolute Gasteiger partial charge is 0.483 e. The molecule has 1 atom stereocenters. The third kappa shape index (κ3) is 6.36. The van der Waals surface area contributed by atoms with Crippen LogP contribution in [0.25, 0.3) is 0 Å². The van der Waals surface area contributed by atoms with Gasteiger partial charge in [0, 0.05) is 16.2 Å². The Bertz CT molecular complexity index is 1050. The maximum Gasteiger partial charge on any atom is 0.234 e. The summed E-state index contributed by atoms with van der Waals surface area (Å²) in [6.45, 7) is 10.4. The summed E-state index contributed by atoms with van der Waals surface area (Å²) in [6.07, 6.45) is -0.278. The van der Waals surface area contributed by atoms with Crippen LogP contribution in [0.3, 0.4) is 0 Å². The highest BCUT2D eigenvalue weighted by atomic mass is 79.9. The van der Waals surface area contributed by atoms with Crippen molar-refractivity contribution in [3.8, 4) is 5.75 Å². The molecule has 0 aliphatic heterocycles. The molecule has 0 saturated carbocycles. The lowest BCUT2D eigenvalue weighted by atomic mass is 10.0. The number of hydrogen-bond acceptors (Lipinski definition) is 5. The van der Waals surface area contributed by atoms with Gasteiger partial charge < -0.3 is 14.6 Å². The molecule has 1 amide bonds. The van der Waals surface area contributed by atoms with Crippen LogP contribution in [-0.4, -0.2) is 26.4 Å². The number of aromatic nitrogens is 3. The van der Waals surface area contributed by atoms with Crippen LogP contribution in [0.1, 0.15) is 64.1 Å². The van der Waals surface area contributed by atoms with Crippen molar-refractivity contribution in [3.05, 3.63) is 64.4 Å². The molecule has 1 N–H and O–H groups in total. The van der Waals surface area contributed by atoms with Crippen molar-refractivity contribution >= 4 is 39.3 Å². The van der Waals surface area contributed by atoms with E-state index in [0.717, 1.165) is 21.7 Å². The third-order valence-corrected chi connectivity index (χ3v) is 6.31. The molecule has 1 unspecified atom stereocenters. The fraction of sp³-hybridized carbons (Fsp3) is 0.375. The van der Waals surface area contributed by atoms with Crippen LogP contribution in [-0.2, 0) is 4.79 Å². The van der Waals surface area contributed by atoms with Gasteiger partial charge >= 0.3 is 0 Å². The van der Waals surface area contributed by atoms with Gasteiger partial charge in [0.05, 0.1) is 5.75 Å². The molecule has 0 radical (unpaired) electrons. The Morgan fingerprint density at radius 2 is 1.81 bits per heavy atom. The van der Waals surface area contributed by atoms with Crippen LogP contribution in [0.4, 0.5) is 5.69 Å². The van der Waals surface area contributed by atoms with Crippen molar-refractivity contribution in [2.24, 2.45) is 0 Å². The molecule has 6 nitrogen and oxygen atoms in total. The molecule has 3 rings (SSSR count). The molecule has 1 aromatic heterocycles. The predicted molar refractivity (Wildman–Crippen MR) is 133 cm³/mol. The Morgan fingerprint density at radius 1 is 1.09 bits per heavy atom. The van der Waals surface area contributed by atoms with Gasteiger partial charge in [0.1, 0.15) is 5.75 Å². The van der Waals surface area contributed by atoms with Gasteiger partial charge in [0.2, 0.25) is 5.91 Å². The number of halogens is 1. The average Bonchev–Trinajstić information content (AvgIpc) is 3.17. The SMILES string of the molecule is CC(C)c1ccc(OC(C)c2nnc(SCC(=O)Nc3cccc(Br)c3)n2C(C)C)cc1. The predicted octanol–water partition coefficient (Wildman–Crippen LogP) is 6.62. The highest BCUT2D eigenvalue weighted by Crippen LogP contribution is 2.28. The number of thioether (sulfide) groups is 1. The molecule has 32 heavy (non-hydrogen) atoms. The van der Waals surface area contributed by atoms with Crippen molar-refractivity contribution in [2.45, 2.75) is 57.8 Å². The second-order valence-corrected chi connectivity index (χ2v) is 9.99. The minimum atomic E-state index is -0.278. The smallest absolute Gasteiger partial charge is 0.234 e. The van der Waals surface area contributed by atoms with E-state index in [9.17, 15) is 4.79 Å². The summed E-state index contributed by atoms with van der Waals surface area (Å²) < 4.78 is 9.09.